The Morgan fingerprint density at radius 2 is 0.453 bits per heavy atom. The maximum absolute atomic E-state index is 6.34. The number of nitrogens with zero attached hydrogens (tertiary/aromatic N) is 4. The van der Waals surface area contributed by atoms with E-state index in [1.54, 1.807) is 0 Å². The number of rotatable bonds is 11. The van der Waals surface area contributed by atoms with Gasteiger partial charge < -0.3 is 14.2 Å². The van der Waals surface area contributed by atoms with Crippen molar-refractivity contribution in [1.29, 1.82) is 0 Å². The molecule has 0 N–H and O–H groups in total. The molecule has 0 aliphatic carbocycles. The number of aromatic nitrogens is 4. The van der Waals surface area contributed by atoms with Gasteiger partial charge in [0.2, 0.25) is 0 Å². The van der Waals surface area contributed by atoms with Crippen molar-refractivity contribution in [3.05, 3.63) is 425 Å². The lowest BCUT2D eigenvalue weighted by atomic mass is 9.89. The van der Waals surface area contributed by atoms with Gasteiger partial charge in [0.15, 0.2) is 5.82 Å². The zero-order chi connectivity index (χ0) is 77.5. The van der Waals surface area contributed by atoms with Crippen molar-refractivity contribution in [3.8, 4) is 191 Å². The van der Waals surface area contributed by atoms with Crippen molar-refractivity contribution in [3.63, 3.8) is 0 Å². The summed E-state index contributed by atoms with van der Waals surface area (Å²) in [7, 11) is 0. The van der Waals surface area contributed by atoms with Gasteiger partial charge in [0, 0.05) is 84.2 Å². The van der Waals surface area contributed by atoms with Crippen LogP contribution in [0.2, 0.25) is 0 Å². The summed E-state index contributed by atoms with van der Waals surface area (Å²) < 4.78 is 18.9. The van der Waals surface area contributed by atoms with E-state index in [4.69, 9.17) is 34.1 Å². The van der Waals surface area contributed by atoms with E-state index in [2.05, 4.69) is 328 Å². The molecule has 0 radical (unpaired) electrons. The first-order valence-electron chi connectivity index (χ1n) is 39.4. The van der Waals surface area contributed by atoms with Gasteiger partial charge in [-0.2, -0.15) is 0 Å². The van der Waals surface area contributed by atoms with Gasteiger partial charge in [0.05, 0.1) is 22.8 Å². The molecular formula is C110H70N4O3. The van der Waals surface area contributed by atoms with Gasteiger partial charge in [-0.15, -0.1) is 0 Å². The van der Waals surface area contributed by atoms with Crippen LogP contribution in [0.1, 0.15) is 0 Å². The highest BCUT2D eigenvalue weighted by Crippen LogP contribution is 2.53. The molecule has 7 nitrogen and oxygen atoms in total. The van der Waals surface area contributed by atoms with Crippen molar-refractivity contribution in [2.24, 2.45) is 0 Å². The molecule has 20 aromatic rings. The number of ether oxygens (including phenoxy) is 3. The fourth-order valence-electron chi connectivity index (χ4n) is 16.8. The summed E-state index contributed by atoms with van der Waals surface area (Å²) in [5.41, 5.74) is 30.0. The molecule has 0 bridgehead atoms. The van der Waals surface area contributed by atoms with Gasteiger partial charge in [0.1, 0.15) is 34.5 Å². The number of hydrogen-bond acceptors (Lipinski definition) is 7. The normalized spacial score (nSPS) is 11.6. The van der Waals surface area contributed by atoms with Crippen LogP contribution in [0.5, 0.6) is 34.5 Å². The van der Waals surface area contributed by atoms with Crippen molar-refractivity contribution in [1.82, 2.24) is 19.9 Å². The van der Waals surface area contributed by atoms with Crippen LogP contribution in [-0.4, -0.2) is 19.9 Å². The largest absolute Gasteiger partial charge is 0.456 e. The molecule has 0 fully saturated rings. The van der Waals surface area contributed by atoms with Crippen LogP contribution in [0.3, 0.4) is 0 Å². The molecule has 0 atom stereocenters. The minimum absolute atomic E-state index is 0.712. The van der Waals surface area contributed by atoms with Crippen molar-refractivity contribution >= 4 is 32.3 Å². The van der Waals surface area contributed by atoms with Gasteiger partial charge >= 0.3 is 0 Å². The fourth-order valence-corrected chi connectivity index (χ4v) is 16.8. The SMILES string of the molecule is c1ccc(-c2cc(-c3ccc4c5c(cccc35)-c3ccccc3O4)nc(-c3ccccc3)n2)cc1.c1ccc(-c2cc(-c3ccccc3)c(-c3ccc(-c4ccc5c6c(cccc46)-c4ccccc4O5)cc3)cn2)cc1.c1ccc(-c2cc(-c3ccccc3)c(-c3cccc(-c4ccc5c6c(cccc46)-c4ccccc4O5)c3)cn2)cc1. The molecule has 23 rings (SSSR count). The zero-order valence-electron chi connectivity index (χ0n) is 63.4. The summed E-state index contributed by atoms with van der Waals surface area (Å²) in [4.78, 5) is 19.8. The Kier molecular flexibility index (Phi) is 17.8. The van der Waals surface area contributed by atoms with Crippen LogP contribution >= 0.6 is 0 Å². The summed E-state index contributed by atoms with van der Waals surface area (Å²) in [5, 5.41) is 6.94. The number of benzene rings is 17. The molecular weight excluding hydrogens is 1430 g/mol. The lowest BCUT2D eigenvalue weighted by molar-refractivity contribution is 0.487. The Morgan fingerprint density at radius 1 is 0.154 bits per heavy atom. The van der Waals surface area contributed by atoms with E-state index in [0.29, 0.717) is 5.82 Å². The van der Waals surface area contributed by atoms with E-state index >= 15 is 0 Å². The molecule has 7 heteroatoms. The molecule has 6 heterocycles. The quantitative estimate of drug-likeness (QED) is 0.128. The molecule has 0 saturated heterocycles. The highest BCUT2D eigenvalue weighted by atomic mass is 16.5. The Hall–Kier alpha value is -15.7. The third-order valence-electron chi connectivity index (χ3n) is 22.4. The second-order valence-electron chi connectivity index (χ2n) is 29.4. The summed E-state index contributed by atoms with van der Waals surface area (Å²) in [6, 6.07) is 143. The van der Waals surface area contributed by atoms with Crippen LogP contribution in [0.15, 0.2) is 425 Å². The van der Waals surface area contributed by atoms with Crippen LogP contribution in [-0.2, 0) is 0 Å². The highest BCUT2D eigenvalue weighted by Gasteiger charge is 2.27. The monoisotopic (exact) mass is 1490 g/mol. The highest BCUT2D eigenvalue weighted by molar-refractivity contribution is 6.13. The summed E-state index contributed by atoms with van der Waals surface area (Å²) in [6.07, 6.45) is 4.03. The number of fused-ring (bicyclic) bond motifs is 6. The van der Waals surface area contributed by atoms with E-state index < -0.39 is 0 Å². The predicted octanol–water partition coefficient (Wildman–Crippen LogP) is 29.8. The molecule has 3 aliphatic heterocycles. The Morgan fingerprint density at radius 3 is 0.889 bits per heavy atom. The molecule has 548 valence electrons. The van der Waals surface area contributed by atoms with E-state index in [-0.39, 0.29) is 0 Å². The Bertz CT molecular complexity index is 7130. The van der Waals surface area contributed by atoms with Gasteiger partial charge in [-0.1, -0.05) is 346 Å². The molecule has 117 heavy (non-hydrogen) atoms. The molecule has 3 aliphatic rings. The third kappa shape index (κ3) is 13.1. The average molecular weight is 1500 g/mol. The molecule has 0 spiro atoms. The number of hydrogen-bond donors (Lipinski definition) is 0. The first-order chi connectivity index (χ1) is 58.0. The minimum atomic E-state index is 0.712. The predicted molar refractivity (Wildman–Crippen MR) is 479 cm³/mol. The van der Waals surface area contributed by atoms with Crippen LogP contribution < -0.4 is 14.2 Å². The first kappa shape index (κ1) is 69.3. The fraction of sp³-hybridized carbons (Fsp3) is 0. The van der Waals surface area contributed by atoms with E-state index in [0.717, 1.165) is 146 Å². The smallest absolute Gasteiger partial charge is 0.160 e. The van der Waals surface area contributed by atoms with Gasteiger partial charge in [-0.25, -0.2) is 9.97 Å². The van der Waals surface area contributed by atoms with Crippen LogP contribution in [0.4, 0.5) is 0 Å². The summed E-state index contributed by atoms with van der Waals surface area (Å²) in [5.74, 6) is 6.10. The van der Waals surface area contributed by atoms with Gasteiger partial charge in [-0.3, -0.25) is 9.97 Å². The van der Waals surface area contributed by atoms with E-state index in [9.17, 15) is 0 Å². The third-order valence-corrected chi connectivity index (χ3v) is 22.4. The van der Waals surface area contributed by atoms with Crippen molar-refractivity contribution in [2.45, 2.75) is 0 Å². The molecule has 0 unspecified atom stereocenters. The Labute approximate surface area is 678 Å². The molecule has 0 saturated carbocycles. The average Bonchev–Trinajstić information content (AvgIpc) is 0.746. The second kappa shape index (κ2) is 30.1. The molecule has 0 amide bonds. The van der Waals surface area contributed by atoms with Crippen LogP contribution in [0, 0.1) is 0 Å². The maximum atomic E-state index is 6.34. The number of pyridine rings is 2. The molecule has 17 aromatic carbocycles. The summed E-state index contributed by atoms with van der Waals surface area (Å²) >= 11 is 0. The Balaban J connectivity index is 0.000000110. The van der Waals surface area contributed by atoms with E-state index in [1.807, 2.05) is 97.3 Å². The zero-order valence-corrected chi connectivity index (χ0v) is 63.4. The first-order valence-corrected chi connectivity index (χ1v) is 39.4. The standard InChI is InChI=1S/2C39H25NO.C32H20N2O/c1-3-11-26(12-4-1)34-24-36(27-13-5-2-6-14-27)40-25-35(34)29-16-9-15-28(23-29)30-21-22-38-39-32(30)18-10-19-33(39)31-17-7-8-20-37(31)41-38;1-3-10-26(11-4-1)34-24-36(29-12-5-2-6-13-29)40-25-35(34)28-20-18-27(19-21-28)30-22-23-38-39-32(30)15-9-16-33(39)31-14-7-8-17-37(31)41-38;1-3-10-21(11-4-1)27-20-28(34-32(33-27)22-12-5-2-6-13-22)23-18-19-30-31-25(23)15-9-16-26(31)24-14-7-8-17-29(24)35-30/h2*1-25H;1-20H. The maximum Gasteiger partial charge on any atom is 0.160 e. The molecule has 3 aromatic heterocycles. The number of para-hydroxylation sites is 3. The summed E-state index contributed by atoms with van der Waals surface area (Å²) in [6.45, 7) is 0. The second-order valence-corrected chi connectivity index (χ2v) is 29.4. The van der Waals surface area contributed by atoms with Gasteiger partial charge in [0.25, 0.3) is 0 Å². The van der Waals surface area contributed by atoms with E-state index in [1.165, 1.54) is 71.8 Å². The van der Waals surface area contributed by atoms with Crippen molar-refractivity contribution in [2.75, 3.05) is 0 Å². The minimum Gasteiger partial charge on any atom is -0.456 e. The lowest BCUT2D eigenvalue weighted by Crippen LogP contribution is -1.99. The van der Waals surface area contributed by atoms with Gasteiger partial charge in [-0.05, 0) is 155 Å². The lowest BCUT2D eigenvalue weighted by Gasteiger charge is -2.22. The van der Waals surface area contributed by atoms with Crippen molar-refractivity contribution < 1.29 is 14.2 Å². The topological polar surface area (TPSA) is 79.3 Å². The van der Waals surface area contributed by atoms with Crippen LogP contribution in [0.25, 0.3) is 189 Å².